The molecule has 23 heavy (non-hydrogen) atoms. The summed E-state index contributed by atoms with van der Waals surface area (Å²) in [4.78, 5) is 8.82. The molecule has 1 heterocycles. The minimum absolute atomic E-state index is 0.286. The highest BCUT2D eigenvalue weighted by Crippen LogP contribution is 2.15. The monoisotopic (exact) mass is 324 g/mol. The zero-order valence-corrected chi connectivity index (χ0v) is 15.0. The lowest BCUT2D eigenvalue weighted by Crippen LogP contribution is -2.19. The highest BCUT2D eigenvalue weighted by Gasteiger charge is 2.10. The Kier molecular flexibility index (Phi) is 8.26. The predicted molar refractivity (Wildman–Crippen MR) is 94.7 cm³/mol. The molecule has 0 bridgehead atoms. The molecule has 0 amide bonds. The van der Waals surface area contributed by atoms with Crippen molar-refractivity contribution in [3.63, 3.8) is 0 Å². The van der Waals surface area contributed by atoms with Crippen molar-refractivity contribution in [1.29, 1.82) is 0 Å². The summed E-state index contributed by atoms with van der Waals surface area (Å²) in [5.41, 5.74) is 0.997. The van der Waals surface area contributed by atoms with E-state index in [1.54, 1.807) is 13.1 Å². The molecular formula is C17H32N4O2. The van der Waals surface area contributed by atoms with Crippen LogP contribution in [0.4, 0.5) is 11.8 Å². The number of nitrogens with zero attached hydrogens (tertiary/aromatic N) is 2. The van der Waals surface area contributed by atoms with Crippen LogP contribution >= 0.6 is 0 Å². The van der Waals surface area contributed by atoms with Crippen LogP contribution in [0.5, 0.6) is 0 Å². The maximum absolute atomic E-state index is 9.42. The Labute approximate surface area is 139 Å². The second-order valence-electron chi connectivity index (χ2n) is 6.87. The summed E-state index contributed by atoms with van der Waals surface area (Å²) in [6, 6.07) is 0. The van der Waals surface area contributed by atoms with Gasteiger partial charge >= 0.3 is 0 Å². The van der Waals surface area contributed by atoms with Gasteiger partial charge in [0.15, 0.2) is 0 Å². The topological polar surface area (TPSA) is 90.3 Å². The number of hydrogen-bond acceptors (Lipinski definition) is 6. The molecular weight excluding hydrogens is 292 g/mol. The zero-order chi connectivity index (χ0) is 17.4. The molecule has 1 aromatic heterocycles. The quantitative estimate of drug-likeness (QED) is 0.528. The van der Waals surface area contributed by atoms with Crippen LogP contribution in [0.15, 0.2) is 6.20 Å². The lowest BCUT2D eigenvalue weighted by atomic mass is 10.0. The van der Waals surface area contributed by atoms with Crippen molar-refractivity contribution in [2.24, 2.45) is 11.8 Å². The van der Waals surface area contributed by atoms with E-state index in [4.69, 9.17) is 0 Å². The summed E-state index contributed by atoms with van der Waals surface area (Å²) in [6.45, 7) is 11.3. The smallest absolute Gasteiger partial charge is 0.224 e. The van der Waals surface area contributed by atoms with Crippen LogP contribution in [-0.2, 0) is 0 Å². The van der Waals surface area contributed by atoms with E-state index in [1.807, 2.05) is 13.8 Å². The van der Waals surface area contributed by atoms with Crippen molar-refractivity contribution < 1.29 is 10.2 Å². The fourth-order valence-corrected chi connectivity index (χ4v) is 2.57. The first-order valence-electron chi connectivity index (χ1n) is 8.45. The van der Waals surface area contributed by atoms with Crippen LogP contribution in [0.25, 0.3) is 0 Å². The van der Waals surface area contributed by atoms with E-state index in [9.17, 15) is 10.2 Å². The Morgan fingerprint density at radius 2 is 1.48 bits per heavy atom. The Hall–Kier alpha value is -1.40. The number of rotatable bonds is 10. The van der Waals surface area contributed by atoms with E-state index < -0.39 is 0 Å². The summed E-state index contributed by atoms with van der Waals surface area (Å²) in [6.07, 6.45) is 2.74. The fraction of sp³-hybridized carbons (Fsp3) is 0.765. The van der Waals surface area contributed by atoms with Crippen LogP contribution in [0.2, 0.25) is 0 Å². The number of aliphatic hydroxyl groups excluding tert-OH is 2. The first-order valence-corrected chi connectivity index (χ1v) is 8.45. The maximum atomic E-state index is 9.42. The van der Waals surface area contributed by atoms with Gasteiger partial charge in [-0.1, -0.05) is 13.8 Å². The predicted octanol–water partition coefficient (Wildman–Crippen LogP) is 2.42. The highest BCUT2D eigenvalue weighted by molar-refractivity contribution is 5.46. The SMILES string of the molecule is Cc1cnc(NCC(C)CC(C)O)nc1NCC(C)CC(C)O. The number of aryl methyl sites for hydroxylation is 1. The molecule has 132 valence electrons. The normalized spacial score (nSPS) is 16.5. The first-order chi connectivity index (χ1) is 10.8. The number of nitrogens with one attached hydrogen (secondary N) is 2. The molecule has 0 aliphatic heterocycles. The standard InChI is InChI=1S/C17H32N4O2/c1-11(6-14(4)22)8-18-16-13(3)10-20-17(21-16)19-9-12(2)7-15(5)23/h10-12,14-15,22-23H,6-9H2,1-5H3,(H2,18,19,20,21). The fourth-order valence-electron chi connectivity index (χ4n) is 2.57. The Morgan fingerprint density at radius 1 is 0.957 bits per heavy atom. The summed E-state index contributed by atoms with van der Waals surface area (Å²) in [5.74, 6) is 2.14. The molecule has 4 unspecified atom stereocenters. The molecule has 0 spiro atoms. The lowest BCUT2D eigenvalue weighted by molar-refractivity contribution is 0.166. The van der Waals surface area contributed by atoms with Gasteiger partial charge in [0.2, 0.25) is 5.95 Å². The zero-order valence-electron chi connectivity index (χ0n) is 15.0. The summed E-state index contributed by atoms with van der Waals surface area (Å²) in [7, 11) is 0. The number of aliphatic hydroxyl groups is 2. The van der Waals surface area contributed by atoms with E-state index in [-0.39, 0.29) is 12.2 Å². The first kappa shape index (κ1) is 19.6. The molecule has 0 radical (unpaired) electrons. The number of hydrogen-bond donors (Lipinski definition) is 4. The average Bonchev–Trinajstić information content (AvgIpc) is 2.43. The van der Waals surface area contributed by atoms with Crippen LogP contribution in [0.1, 0.15) is 46.1 Å². The summed E-state index contributed by atoms with van der Waals surface area (Å²) < 4.78 is 0. The largest absolute Gasteiger partial charge is 0.393 e. The minimum atomic E-state index is -0.293. The maximum Gasteiger partial charge on any atom is 0.224 e. The molecule has 0 saturated heterocycles. The summed E-state index contributed by atoms with van der Waals surface area (Å²) >= 11 is 0. The molecule has 4 atom stereocenters. The van der Waals surface area contributed by atoms with Crippen molar-refractivity contribution in [1.82, 2.24) is 9.97 Å². The molecule has 4 N–H and O–H groups in total. The molecule has 0 aliphatic carbocycles. The minimum Gasteiger partial charge on any atom is -0.393 e. The van der Waals surface area contributed by atoms with E-state index in [2.05, 4.69) is 34.4 Å². The van der Waals surface area contributed by atoms with E-state index in [0.29, 0.717) is 17.8 Å². The van der Waals surface area contributed by atoms with Crippen molar-refractivity contribution in [2.45, 2.75) is 59.7 Å². The van der Waals surface area contributed by atoms with E-state index in [1.165, 1.54) is 0 Å². The van der Waals surface area contributed by atoms with Gasteiger partial charge in [-0.3, -0.25) is 0 Å². The molecule has 0 saturated carbocycles. The van der Waals surface area contributed by atoms with Gasteiger partial charge in [0.1, 0.15) is 5.82 Å². The summed E-state index contributed by atoms with van der Waals surface area (Å²) in [5, 5.41) is 25.4. The Bertz CT molecular complexity index is 466. The third-order valence-electron chi connectivity index (χ3n) is 3.69. The van der Waals surface area contributed by atoms with Gasteiger partial charge in [-0.25, -0.2) is 4.98 Å². The van der Waals surface area contributed by atoms with Gasteiger partial charge in [-0.05, 0) is 45.4 Å². The van der Waals surface area contributed by atoms with Gasteiger partial charge in [-0.2, -0.15) is 4.98 Å². The van der Waals surface area contributed by atoms with Gasteiger partial charge in [-0.15, -0.1) is 0 Å². The van der Waals surface area contributed by atoms with Gasteiger partial charge < -0.3 is 20.8 Å². The second-order valence-corrected chi connectivity index (χ2v) is 6.87. The van der Waals surface area contributed by atoms with Gasteiger partial charge in [0.25, 0.3) is 0 Å². The molecule has 1 rings (SSSR count). The van der Waals surface area contributed by atoms with Crippen molar-refractivity contribution in [3.05, 3.63) is 11.8 Å². The Morgan fingerprint density at radius 3 is 2.00 bits per heavy atom. The third-order valence-corrected chi connectivity index (χ3v) is 3.69. The second kappa shape index (κ2) is 9.67. The molecule has 0 fully saturated rings. The third kappa shape index (κ3) is 8.13. The van der Waals surface area contributed by atoms with Crippen molar-refractivity contribution in [2.75, 3.05) is 23.7 Å². The highest BCUT2D eigenvalue weighted by atomic mass is 16.3. The van der Waals surface area contributed by atoms with Gasteiger partial charge in [0, 0.05) is 24.8 Å². The van der Waals surface area contributed by atoms with Gasteiger partial charge in [0.05, 0.1) is 12.2 Å². The molecule has 6 nitrogen and oxygen atoms in total. The molecule has 6 heteroatoms. The van der Waals surface area contributed by atoms with Crippen LogP contribution in [0.3, 0.4) is 0 Å². The van der Waals surface area contributed by atoms with E-state index in [0.717, 1.165) is 37.3 Å². The van der Waals surface area contributed by atoms with Crippen LogP contribution in [0, 0.1) is 18.8 Å². The lowest BCUT2D eigenvalue weighted by Gasteiger charge is -2.17. The van der Waals surface area contributed by atoms with Crippen molar-refractivity contribution >= 4 is 11.8 Å². The van der Waals surface area contributed by atoms with E-state index >= 15 is 0 Å². The Balaban J connectivity index is 2.54. The van der Waals surface area contributed by atoms with Crippen molar-refractivity contribution in [3.8, 4) is 0 Å². The van der Waals surface area contributed by atoms with Crippen LogP contribution in [-0.4, -0.2) is 45.5 Å². The number of aromatic nitrogens is 2. The average molecular weight is 324 g/mol. The molecule has 1 aromatic rings. The number of anilines is 2. The molecule has 0 aromatic carbocycles. The van der Waals surface area contributed by atoms with Crippen LogP contribution < -0.4 is 10.6 Å². The molecule has 0 aliphatic rings.